The summed E-state index contributed by atoms with van der Waals surface area (Å²) in [5.41, 5.74) is 4.59. The fourth-order valence-electron chi connectivity index (χ4n) is 3.46. The second-order valence-electron chi connectivity index (χ2n) is 7.04. The number of ether oxygens (including phenoxy) is 1. The minimum Gasteiger partial charge on any atom is -0.497 e. The van der Waals surface area contributed by atoms with Gasteiger partial charge in [0, 0.05) is 30.1 Å². The highest BCUT2D eigenvalue weighted by Gasteiger charge is 2.17. The molecule has 0 saturated carbocycles. The lowest BCUT2D eigenvalue weighted by Gasteiger charge is -2.07. The zero-order valence-corrected chi connectivity index (χ0v) is 16.5. The van der Waals surface area contributed by atoms with E-state index in [-0.39, 0.29) is 12.2 Å². The van der Waals surface area contributed by atoms with Crippen LogP contribution in [-0.2, 0) is 19.6 Å². The van der Waals surface area contributed by atoms with Gasteiger partial charge in [-0.25, -0.2) is 4.52 Å². The average Bonchev–Trinajstić information content (AvgIpc) is 3.13. The smallest absolute Gasteiger partial charge is 0.276 e. The maximum absolute atomic E-state index is 13.1. The molecule has 0 fully saturated rings. The standard InChI is InChI=1S/C23H23N3O3/c1-16-3-7-18(8-4-16)21-20(15-27)22-23(28)25(13-14-26(22)24-21)12-11-17-5-9-19(29-2)10-6-17/h3-10,13-14,27H,11-12,15H2,1-2H3. The Hall–Kier alpha value is -3.38. The average molecular weight is 389 g/mol. The zero-order valence-electron chi connectivity index (χ0n) is 16.5. The molecule has 0 spiro atoms. The molecule has 0 radical (unpaired) electrons. The third-order valence-corrected chi connectivity index (χ3v) is 5.14. The van der Waals surface area contributed by atoms with Crippen molar-refractivity contribution >= 4 is 5.52 Å². The third kappa shape index (κ3) is 3.67. The summed E-state index contributed by atoms with van der Waals surface area (Å²) >= 11 is 0. The number of hydrogen-bond donors (Lipinski definition) is 1. The first-order valence-corrected chi connectivity index (χ1v) is 9.52. The molecular formula is C23H23N3O3. The normalized spacial score (nSPS) is 11.1. The molecule has 0 aliphatic rings. The van der Waals surface area contributed by atoms with Crippen LogP contribution in [0.15, 0.2) is 65.7 Å². The van der Waals surface area contributed by atoms with Gasteiger partial charge in [0.05, 0.1) is 19.4 Å². The number of fused-ring (bicyclic) bond motifs is 1. The van der Waals surface area contributed by atoms with E-state index < -0.39 is 0 Å². The van der Waals surface area contributed by atoms with Gasteiger partial charge in [-0.1, -0.05) is 42.0 Å². The van der Waals surface area contributed by atoms with Crippen molar-refractivity contribution in [1.82, 2.24) is 14.2 Å². The number of aliphatic hydroxyl groups excluding tert-OH is 1. The number of nitrogens with zero attached hydrogens (tertiary/aromatic N) is 3. The summed E-state index contributed by atoms with van der Waals surface area (Å²) in [7, 11) is 1.64. The molecule has 0 aliphatic heterocycles. The van der Waals surface area contributed by atoms with E-state index in [1.54, 1.807) is 28.6 Å². The lowest BCUT2D eigenvalue weighted by molar-refractivity contribution is 0.283. The van der Waals surface area contributed by atoms with E-state index in [4.69, 9.17) is 4.74 Å². The topological polar surface area (TPSA) is 68.8 Å². The van der Waals surface area contributed by atoms with Gasteiger partial charge in [0.25, 0.3) is 5.56 Å². The van der Waals surface area contributed by atoms with Crippen LogP contribution in [0, 0.1) is 6.92 Å². The van der Waals surface area contributed by atoms with Crippen LogP contribution in [0.5, 0.6) is 5.75 Å². The van der Waals surface area contributed by atoms with Crippen LogP contribution in [0.2, 0.25) is 0 Å². The molecule has 2 aromatic heterocycles. The van der Waals surface area contributed by atoms with Crippen LogP contribution in [0.1, 0.15) is 16.7 Å². The Morgan fingerprint density at radius 1 is 1.03 bits per heavy atom. The molecule has 0 aliphatic carbocycles. The van der Waals surface area contributed by atoms with Crippen molar-refractivity contribution in [1.29, 1.82) is 0 Å². The predicted molar refractivity (Wildman–Crippen MR) is 112 cm³/mol. The minimum absolute atomic E-state index is 0.157. The molecule has 0 saturated heterocycles. The fourth-order valence-corrected chi connectivity index (χ4v) is 3.46. The van der Waals surface area contributed by atoms with Crippen molar-refractivity contribution in [2.45, 2.75) is 26.5 Å². The summed E-state index contributed by atoms with van der Waals surface area (Å²) in [6.45, 7) is 2.31. The second kappa shape index (κ2) is 7.93. The van der Waals surface area contributed by atoms with Crippen molar-refractivity contribution in [2.24, 2.45) is 0 Å². The lowest BCUT2D eigenvalue weighted by Crippen LogP contribution is -2.23. The molecule has 0 amide bonds. The first-order chi connectivity index (χ1) is 14.1. The van der Waals surface area contributed by atoms with Crippen LogP contribution in [0.4, 0.5) is 0 Å². The van der Waals surface area contributed by atoms with Crippen molar-refractivity contribution in [3.63, 3.8) is 0 Å². The molecule has 1 N–H and O–H groups in total. The Morgan fingerprint density at radius 2 is 1.76 bits per heavy atom. The number of aliphatic hydroxyl groups is 1. The summed E-state index contributed by atoms with van der Waals surface area (Å²) < 4.78 is 8.41. The van der Waals surface area contributed by atoms with E-state index in [2.05, 4.69) is 5.10 Å². The van der Waals surface area contributed by atoms with E-state index in [0.717, 1.165) is 22.4 Å². The minimum atomic E-state index is -0.246. The molecule has 0 unspecified atom stereocenters. The van der Waals surface area contributed by atoms with E-state index in [0.29, 0.717) is 29.7 Å². The largest absolute Gasteiger partial charge is 0.497 e. The van der Waals surface area contributed by atoms with Crippen LogP contribution in [0.3, 0.4) is 0 Å². The van der Waals surface area contributed by atoms with Crippen LogP contribution < -0.4 is 10.3 Å². The number of rotatable bonds is 6. The maximum Gasteiger partial charge on any atom is 0.276 e. The molecule has 2 heterocycles. The highest BCUT2D eigenvalue weighted by Crippen LogP contribution is 2.25. The molecule has 148 valence electrons. The molecule has 2 aromatic carbocycles. The second-order valence-corrected chi connectivity index (χ2v) is 7.04. The summed E-state index contributed by atoms with van der Waals surface area (Å²) in [5, 5.41) is 14.5. The highest BCUT2D eigenvalue weighted by molar-refractivity contribution is 5.72. The van der Waals surface area contributed by atoms with Crippen LogP contribution >= 0.6 is 0 Å². The van der Waals surface area contributed by atoms with Gasteiger partial charge in [0.15, 0.2) is 0 Å². The SMILES string of the molecule is COc1ccc(CCn2ccn3nc(-c4ccc(C)cc4)c(CO)c3c2=O)cc1. The summed E-state index contributed by atoms with van der Waals surface area (Å²) in [5.74, 6) is 0.808. The molecule has 0 atom stereocenters. The van der Waals surface area contributed by atoms with Gasteiger partial charge >= 0.3 is 0 Å². The Kier molecular flexibility index (Phi) is 5.18. The van der Waals surface area contributed by atoms with Gasteiger partial charge in [0.1, 0.15) is 11.3 Å². The van der Waals surface area contributed by atoms with Crippen LogP contribution in [0.25, 0.3) is 16.8 Å². The van der Waals surface area contributed by atoms with E-state index in [1.165, 1.54) is 0 Å². The monoisotopic (exact) mass is 389 g/mol. The van der Waals surface area contributed by atoms with E-state index in [9.17, 15) is 9.90 Å². The fraction of sp³-hybridized carbons (Fsp3) is 0.217. The maximum atomic E-state index is 13.1. The third-order valence-electron chi connectivity index (χ3n) is 5.14. The number of hydrogen-bond acceptors (Lipinski definition) is 4. The van der Waals surface area contributed by atoms with Gasteiger partial charge in [-0.05, 0) is 31.0 Å². The molecule has 29 heavy (non-hydrogen) atoms. The van der Waals surface area contributed by atoms with Gasteiger partial charge in [-0.2, -0.15) is 5.10 Å². The molecule has 0 bridgehead atoms. The quantitative estimate of drug-likeness (QED) is 0.550. The van der Waals surface area contributed by atoms with Gasteiger partial charge < -0.3 is 14.4 Å². The number of methoxy groups -OCH3 is 1. The molecule has 4 rings (SSSR count). The van der Waals surface area contributed by atoms with Crippen molar-refractivity contribution in [2.75, 3.05) is 7.11 Å². The van der Waals surface area contributed by atoms with Crippen molar-refractivity contribution < 1.29 is 9.84 Å². The van der Waals surface area contributed by atoms with Gasteiger partial charge in [0.2, 0.25) is 0 Å². The van der Waals surface area contributed by atoms with Gasteiger partial charge in [-0.3, -0.25) is 4.79 Å². The molecular weight excluding hydrogens is 366 g/mol. The highest BCUT2D eigenvalue weighted by atomic mass is 16.5. The summed E-state index contributed by atoms with van der Waals surface area (Å²) in [6.07, 6.45) is 4.22. The Labute approximate surface area is 168 Å². The lowest BCUT2D eigenvalue weighted by atomic mass is 10.1. The Morgan fingerprint density at radius 3 is 2.41 bits per heavy atom. The zero-order chi connectivity index (χ0) is 20.4. The van der Waals surface area contributed by atoms with Gasteiger partial charge in [-0.15, -0.1) is 0 Å². The van der Waals surface area contributed by atoms with Crippen LogP contribution in [-0.4, -0.2) is 26.4 Å². The van der Waals surface area contributed by atoms with E-state index >= 15 is 0 Å². The number of aryl methyl sites for hydroxylation is 3. The first-order valence-electron chi connectivity index (χ1n) is 9.52. The summed E-state index contributed by atoms with van der Waals surface area (Å²) in [6, 6.07) is 15.7. The Bertz CT molecular complexity index is 1190. The number of benzene rings is 2. The number of aromatic nitrogens is 3. The molecule has 4 aromatic rings. The first kappa shape index (κ1) is 19.0. The summed E-state index contributed by atoms with van der Waals surface area (Å²) in [4.78, 5) is 13.1. The molecule has 6 nitrogen and oxygen atoms in total. The van der Waals surface area contributed by atoms with E-state index in [1.807, 2.05) is 55.5 Å². The van der Waals surface area contributed by atoms with Crippen molar-refractivity contribution in [3.05, 3.63) is 88.0 Å². The Balaban J connectivity index is 1.69. The predicted octanol–water partition coefficient (Wildman–Crippen LogP) is 3.22. The molecule has 6 heteroatoms. The van der Waals surface area contributed by atoms with Crippen molar-refractivity contribution in [3.8, 4) is 17.0 Å².